The van der Waals surface area contributed by atoms with E-state index in [1.807, 2.05) is 0 Å². The van der Waals surface area contributed by atoms with Gasteiger partial charge in [-0.1, -0.05) is 29.8 Å². The molecule has 1 aliphatic heterocycles. The first-order valence-electron chi connectivity index (χ1n) is 5.47. The van der Waals surface area contributed by atoms with E-state index in [1.165, 1.54) is 7.11 Å². The molecule has 0 aliphatic carbocycles. The molecule has 1 aliphatic rings. The molecule has 2 rings (SSSR count). The van der Waals surface area contributed by atoms with E-state index in [1.54, 1.807) is 31.2 Å². The van der Waals surface area contributed by atoms with Crippen LogP contribution in [0.1, 0.15) is 18.6 Å². The van der Waals surface area contributed by atoms with E-state index in [9.17, 15) is 9.90 Å². The molecule has 1 heterocycles. The van der Waals surface area contributed by atoms with Gasteiger partial charge in [0.05, 0.1) is 7.11 Å². The molecule has 1 aromatic rings. The first kappa shape index (κ1) is 12.9. The summed E-state index contributed by atoms with van der Waals surface area (Å²) in [6, 6.07) is 6.79. The average Bonchev–Trinajstić information content (AvgIpc) is 2.63. The molecular weight excluding hydrogens is 256 g/mol. The Morgan fingerprint density at radius 3 is 2.72 bits per heavy atom. The number of aliphatic hydroxyl groups is 1. The van der Waals surface area contributed by atoms with E-state index in [0.717, 1.165) is 0 Å². The number of aliphatic hydroxyl groups excluding tert-OH is 1. The predicted octanol–water partition coefficient (Wildman–Crippen LogP) is 2.22. The second kappa shape index (κ2) is 5.00. The molecule has 0 amide bonds. The quantitative estimate of drug-likeness (QED) is 0.854. The van der Waals surface area contributed by atoms with E-state index >= 15 is 0 Å². The highest BCUT2D eigenvalue weighted by atomic mass is 35.5. The van der Waals surface area contributed by atoms with Crippen LogP contribution in [0.3, 0.4) is 0 Å². The van der Waals surface area contributed by atoms with E-state index in [2.05, 4.69) is 0 Å². The normalized spacial score (nSPS) is 20.9. The Kier molecular flexibility index (Phi) is 3.59. The molecule has 96 valence electrons. The highest BCUT2D eigenvalue weighted by Crippen LogP contribution is 2.35. The van der Waals surface area contributed by atoms with Gasteiger partial charge >= 0.3 is 5.97 Å². The Labute approximate surface area is 110 Å². The molecule has 2 atom stereocenters. The van der Waals surface area contributed by atoms with Crippen molar-refractivity contribution in [1.29, 1.82) is 0 Å². The van der Waals surface area contributed by atoms with Crippen LogP contribution in [-0.2, 0) is 14.3 Å². The molecule has 0 aromatic heterocycles. The van der Waals surface area contributed by atoms with Crippen LogP contribution in [0, 0.1) is 0 Å². The van der Waals surface area contributed by atoms with Crippen LogP contribution >= 0.6 is 11.6 Å². The summed E-state index contributed by atoms with van der Waals surface area (Å²) in [6.45, 7) is 1.68. The van der Waals surface area contributed by atoms with Gasteiger partial charge in [0.1, 0.15) is 17.4 Å². The Bertz CT molecular complexity index is 509. The number of halogens is 1. The van der Waals surface area contributed by atoms with Crippen molar-refractivity contribution in [3.05, 3.63) is 46.2 Å². The second-order valence-electron chi connectivity index (χ2n) is 3.95. The molecule has 0 spiro atoms. The maximum Gasteiger partial charge on any atom is 0.341 e. The van der Waals surface area contributed by atoms with Gasteiger partial charge < -0.3 is 14.6 Å². The van der Waals surface area contributed by atoms with Gasteiger partial charge in [-0.3, -0.25) is 0 Å². The van der Waals surface area contributed by atoms with Crippen LogP contribution in [0.15, 0.2) is 35.6 Å². The molecule has 1 aromatic carbocycles. The second-order valence-corrected chi connectivity index (χ2v) is 4.36. The van der Waals surface area contributed by atoms with Crippen molar-refractivity contribution in [1.82, 2.24) is 0 Å². The van der Waals surface area contributed by atoms with E-state index < -0.39 is 18.2 Å². The number of cyclic esters (lactones) is 1. The SMILES string of the molecule is COC1=C(C(O)c2ccccc2Cl)C(=O)OC1C. The highest BCUT2D eigenvalue weighted by molar-refractivity contribution is 6.31. The molecule has 2 unspecified atom stereocenters. The van der Waals surface area contributed by atoms with Crippen LogP contribution < -0.4 is 0 Å². The van der Waals surface area contributed by atoms with Gasteiger partial charge in [-0.05, 0) is 13.0 Å². The number of ether oxygens (including phenoxy) is 2. The van der Waals surface area contributed by atoms with Crippen LogP contribution in [-0.4, -0.2) is 24.3 Å². The van der Waals surface area contributed by atoms with Crippen LogP contribution in [0.5, 0.6) is 0 Å². The molecule has 1 N–H and O–H groups in total. The maximum absolute atomic E-state index is 11.7. The summed E-state index contributed by atoms with van der Waals surface area (Å²) >= 11 is 6.00. The molecule has 0 fully saturated rings. The zero-order valence-corrected chi connectivity index (χ0v) is 10.8. The van der Waals surface area contributed by atoms with Crippen molar-refractivity contribution in [2.24, 2.45) is 0 Å². The molecular formula is C13H13ClO4. The Morgan fingerprint density at radius 2 is 2.11 bits per heavy atom. The topological polar surface area (TPSA) is 55.8 Å². The number of rotatable bonds is 3. The number of hydrogen-bond acceptors (Lipinski definition) is 4. The molecule has 18 heavy (non-hydrogen) atoms. The van der Waals surface area contributed by atoms with Gasteiger partial charge in [-0.15, -0.1) is 0 Å². The van der Waals surface area contributed by atoms with Crippen molar-refractivity contribution >= 4 is 17.6 Å². The monoisotopic (exact) mass is 268 g/mol. The number of carbonyl (C=O) groups is 1. The van der Waals surface area contributed by atoms with Gasteiger partial charge in [0.25, 0.3) is 0 Å². The summed E-state index contributed by atoms with van der Waals surface area (Å²) in [5.41, 5.74) is 0.563. The van der Waals surface area contributed by atoms with Gasteiger partial charge in [-0.25, -0.2) is 4.79 Å². The average molecular weight is 269 g/mol. The first-order chi connectivity index (χ1) is 8.56. The molecule has 5 heteroatoms. The summed E-state index contributed by atoms with van der Waals surface area (Å²) < 4.78 is 10.1. The molecule has 0 saturated heterocycles. The minimum absolute atomic E-state index is 0.109. The third-order valence-corrected chi connectivity index (χ3v) is 3.18. The summed E-state index contributed by atoms with van der Waals surface area (Å²) in [4.78, 5) is 11.7. The van der Waals surface area contributed by atoms with Crippen LogP contribution in [0.4, 0.5) is 0 Å². The number of benzene rings is 1. The van der Waals surface area contributed by atoms with E-state index in [-0.39, 0.29) is 5.57 Å². The molecule has 0 radical (unpaired) electrons. The summed E-state index contributed by atoms with van der Waals surface area (Å²) in [7, 11) is 1.44. The maximum atomic E-state index is 11.7. The minimum atomic E-state index is -1.15. The first-order valence-corrected chi connectivity index (χ1v) is 5.85. The smallest absolute Gasteiger partial charge is 0.341 e. The number of carbonyl (C=O) groups excluding carboxylic acids is 1. The fraction of sp³-hybridized carbons (Fsp3) is 0.308. The molecule has 4 nitrogen and oxygen atoms in total. The number of methoxy groups -OCH3 is 1. The summed E-state index contributed by atoms with van der Waals surface area (Å²) in [6.07, 6.45) is -1.64. The summed E-state index contributed by atoms with van der Waals surface area (Å²) in [5, 5.41) is 10.7. The minimum Gasteiger partial charge on any atom is -0.496 e. The van der Waals surface area contributed by atoms with Gasteiger partial charge in [-0.2, -0.15) is 0 Å². The predicted molar refractivity (Wildman–Crippen MR) is 66.0 cm³/mol. The zero-order valence-electron chi connectivity index (χ0n) is 10.0. The van der Waals surface area contributed by atoms with Gasteiger partial charge in [0.15, 0.2) is 6.10 Å². The third kappa shape index (κ3) is 2.09. The molecule has 0 saturated carbocycles. The van der Waals surface area contributed by atoms with Gasteiger partial charge in [0, 0.05) is 10.6 Å². The lowest BCUT2D eigenvalue weighted by Gasteiger charge is -2.13. The lowest BCUT2D eigenvalue weighted by molar-refractivity contribution is -0.140. The Hall–Kier alpha value is -1.52. The van der Waals surface area contributed by atoms with Crippen LogP contribution in [0.2, 0.25) is 5.02 Å². The number of esters is 1. The fourth-order valence-corrected chi connectivity index (χ4v) is 2.21. The van der Waals surface area contributed by atoms with Crippen molar-refractivity contribution in [3.63, 3.8) is 0 Å². The lowest BCUT2D eigenvalue weighted by Crippen LogP contribution is -2.10. The van der Waals surface area contributed by atoms with Crippen molar-refractivity contribution in [2.45, 2.75) is 19.1 Å². The van der Waals surface area contributed by atoms with Crippen molar-refractivity contribution in [2.75, 3.05) is 7.11 Å². The Balaban J connectivity index is 2.45. The lowest BCUT2D eigenvalue weighted by atomic mass is 10.0. The van der Waals surface area contributed by atoms with Crippen molar-refractivity contribution in [3.8, 4) is 0 Å². The summed E-state index contributed by atoms with van der Waals surface area (Å²) in [5.74, 6) is -0.237. The van der Waals surface area contributed by atoms with E-state index in [4.69, 9.17) is 21.1 Å². The largest absolute Gasteiger partial charge is 0.496 e. The molecule has 0 bridgehead atoms. The highest BCUT2D eigenvalue weighted by Gasteiger charge is 2.37. The zero-order chi connectivity index (χ0) is 13.3. The van der Waals surface area contributed by atoms with E-state index in [0.29, 0.717) is 16.3 Å². The van der Waals surface area contributed by atoms with Crippen LogP contribution in [0.25, 0.3) is 0 Å². The Morgan fingerprint density at radius 1 is 1.44 bits per heavy atom. The van der Waals surface area contributed by atoms with Crippen molar-refractivity contribution < 1.29 is 19.4 Å². The standard InChI is InChI=1S/C13H13ClO4/c1-7-12(17-2)10(13(16)18-7)11(15)8-5-3-4-6-9(8)14/h3-7,11,15H,1-2H3. The van der Waals surface area contributed by atoms with Gasteiger partial charge in [0.2, 0.25) is 0 Å². The third-order valence-electron chi connectivity index (χ3n) is 2.83. The number of hydrogen-bond donors (Lipinski definition) is 1. The fourth-order valence-electron chi connectivity index (χ4n) is 1.97.